The summed E-state index contributed by atoms with van der Waals surface area (Å²) in [7, 11) is 0. The van der Waals surface area contributed by atoms with E-state index in [1.54, 1.807) is 13.8 Å². The SMILES string of the molecule is CC[C@H]1O[C@@H](n2cc(C)c(=O)[nH]c2=O)C[C@@H]1OP(O)(=S)OC[C@H]1O[C@@H](n2cc(C)c(=O)[nH]c2=O)C[C@@H]1C.S. The van der Waals surface area contributed by atoms with E-state index in [1.165, 1.54) is 21.5 Å². The molecule has 0 aliphatic carbocycles. The summed E-state index contributed by atoms with van der Waals surface area (Å²) in [5.74, 6) is -0.0305. The van der Waals surface area contributed by atoms with Crippen LogP contribution in [0.1, 0.15) is 56.7 Å². The quantitative estimate of drug-likeness (QED) is 0.377. The van der Waals surface area contributed by atoms with Gasteiger partial charge in [-0.3, -0.25) is 28.7 Å². The Hall–Kier alpha value is -1.84. The molecule has 212 valence electrons. The molecule has 13 nitrogen and oxygen atoms in total. The average molecular weight is 593 g/mol. The average Bonchev–Trinajstić information content (AvgIpc) is 3.39. The Morgan fingerprint density at radius 1 is 1.00 bits per heavy atom. The number of aryl methyl sites for hydroxylation is 2. The summed E-state index contributed by atoms with van der Waals surface area (Å²) < 4.78 is 26.0. The number of rotatable bonds is 8. The zero-order valence-corrected chi connectivity index (χ0v) is 24.1. The third-order valence-corrected chi connectivity index (χ3v) is 8.29. The van der Waals surface area contributed by atoms with Gasteiger partial charge in [0.05, 0.1) is 24.9 Å². The van der Waals surface area contributed by atoms with Gasteiger partial charge < -0.3 is 23.4 Å². The number of hydrogen-bond donors (Lipinski definition) is 3. The lowest BCUT2D eigenvalue weighted by Crippen LogP contribution is -2.33. The second kappa shape index (κ2) is 12.1. The van der Waals surface area contributed by atoms with Gasteiger partial charge in [0.15, 0.2) is 0 Å². The van der Waals surface area contributed by atoms with E-state index in [4.69, 9.17) is 30.3 Å². The van der Waals surface area contributed by atoms with Crippen LogP contribution in [0.4, 0.5) is 0 Å². The summed E-state index contributed by atoms with van der Waals surface area (Å²) >= 11 is 5.25. The molecule has 2 aliphatic heterocycles. The van der Waals surface area contributed by atoms with Crippen molar-refractivity contribution < 1.29 is 23.4 Å². The lowest BCUT2D eigenvalue weighted by molar-refractivity contribution is -0.0355. The molecule has 0 aromatic carbocycles. The molecule has 0 spiro atoms. The summed E-state index contributed by atoms with van der Waals surface area (Å²) in [6, 6.07) is 0. The van der Waals surface area contributed by atoms with Crippen LogP contribution in [0.3, 0.4) is 0 Å². The molecule has 16 heteroatoms. The summed E-state index contributed by atoms with van der Waals surface area (Å²) in [5, 5.41) is 0. The predicted octanol–water partition coefficient (Wildman–Crippen LogP) is 1.06. The Bertz CT molecular complexity index is 1440. The Kier molecular flexibility index (Phi) is 9.80. The van der Waals surface area contributed by atoms with Gasteiger partial charge >= 0.3 is 18.1 Å². The summed E-state index contributed by atoms with van der Waals surface area (Å²) in [6.07, 6.45) is 1.27. The number of aromatic nitrogens is 4. The molecule has 2 fully saturated rings. The van der Waals surface area contributed by atoms with Crippen molar-refractivity contribution in [2.75, 3.05) is 6.61 Å². The van der Waals surface area contributed by atoms with Crippen molar-refractivity contribution in [3.05, 3.63) is 65.2 Å². The first-order valence-electron chi connectivity index (χ1n) is 12.0. The van der Waals surface area contributed by atoms with Crippen LogP contribution in [0, 0.1) is 19.8 Å². The van der Waals surface area contributed by atoms with E-state index in [0.717, 1.165) is 0 Å². The van der Waals surface area contributed by atoms with Gasteiger partial charge in [0.1, 0.15) is 12.5 Å². The fraction of sp³-hybridized carbons (Fsp3) is 0.636. The van der Waals surface area contributed by atoms with Crippen LogP contribution in [0.5, 0.6) is 0 Å². The maximum Gasteiger partial charge on any atom is 0.330 e. The standard InChI is InChI=1S/C22H31N4O9PS.H2S/c1-5-14-15(7-18(33-14)26-9-13(4)20(28)24-22(26)30)35-36(31,37)32-10-16-11(2)6-17(34-16)25-8-12(3)19(27)23-21(25)29;/h8-9,11,14-18H,5-7,10H2,1-4H3,(H,31,37)(H,23,27,29)(H,24,28,30);1H2/t11-,14+,15-,16+,17+,18+,36?;/m0./s1. The molecule has 1 unspecified atom stereocenters. The minimum absolute atomic E-state index is 0. The van der Waals surface area contributed by atoms with Crippen LogP contribution in [0.2, 0.25) is 0 Å². The highest BCUT2D eigenvalue weighted by Crippen LogP contribution is 2.49. The number of nitrogens with one attached hydrogen (secondary N) is 2. The first-order valence-corrected chi connectivity index (χ1v) is 14.6. The van der Waals surface area contributed by atoms with Crippen LogP contribution in [0.25, 0.3) is 0 Å². The maximum absolute atomic E-state index is 12.3. The number of H-pyrrole nitrogens is 2. The molecule has 2 aromatic rings. The highest BCUT2D eigenvalue weighted by molar-refractivity contribution is 8.07. The van der Waals surface area contributed by atoms with Crippen molar-refractivity contribution in [2.24, 2.45) is 5.92 Å². The van der Waals surface area contributed by atoms with Crippen LogP contribution in [0.15, 0.2) is 31.6 Å². The van der Waals surface area contributed by atoms with Gasteiger partial charge in [0.2, 0.25) is 0 Å². The molecule has 4 heterocycles. The van der Waals surface area contributed by atoms with E-state index in [-0.39, 0.29) is 32.4 Å². The highest BCUT2D eigenvalue weighted by atomic mass is 32.5. The predicted molar refractivity (Wildman–Crippen MR) is 146 cm³/mol. The summed E-state index contributed by atoms with van der Waals surface area (Å²) in [5.41, 5.74) is -1.34. The molecule has 3 N–H and O–H groups in total. The van der Waals surface area contributed by atoms with Gasteiger partial charge in [-0.1, -0.05) is 13.8 Å². The Morgan fingerprint density at radius 3 is 2.03 bits per heavy atom. The van der Waals surface area contributed by atoms with E-state index >= 15 is 0 Å². The van der Waals surface area contributed by atoms with Gasteiger partial charge in [-0.25, -0.2) is 9.59 Å². The largest absolute Gasteiger partial charge is 0.352 e. The number of nitrogens with zero attached hydrogens (tertiary/aromatic N) is 2. The van der Waals surface area contributed by atoms with E-state index in [1.807, 2.05) is 13.8 Å². The normalized spacial score (nSPS) is 28.7. The Morgan fingerprint density at radius 2 is 1.50 bits per heavy atom. The van der Waals surface area contributed by atoms with Crippen molar-refractivity contribution in [1.82, 2.24) is 19.1 Å². The molecule has 0 saturated carbocycles. The second-order valence-corrected chi connectivity index (χ2v) is 12.3. The molecule has 2 aromatic heterocycles. The van der Waals surface area contributed by atoms with E-state index in [2.05, 4.69) is 9.97 Å². The van der Waals surface area contributed by atoms with E-state index in [9.17, 15) is 24.1 Å². The van der Waals surface area contributed by atoms with Crippen LogP contribution in [-0.2, 0) is 30.3 Å². The molecular weight excluding hydrogens is 559 g/mol. The molecule has 0 radical (unpaired) electrons. The number of ether oxygens (including phenoxy) is 2. The molecular formula is C22H33N4O9PS2. The Labute approximate surface area is 229 Å². The summed E-state index contributed by atoms with van der Waals surface area (Å²) in [6.45, 7) is 3.20. The number of hydrogen-bond acceptors (Lipinski definition) is 9. The third kappa shape index (κ3) is 6.65. The van der Waals surface area contributed by atoms with Gasteiger partial charge in [-0.15, -0.1) is 0 Å². The monoisotopic (exact) mass is 592 g/mol. The van der Waals surface area contributed by atoms with Gasteiger partial charge in [0.25, 0.3) is 11.1 Å². The molecule has 0 amide bonds. The van der Waals surface area contributed by atoms with Gasteiger partial charge in [-0.2, -0.15) is 13.5 Å². The minimum Gasteiger partial charge on any atom is -0.352 e. The fourth-order valence-corrected chi connectivity index (χ4v) is 6.03. The zero-order valence-electron chi connectivity index (χ0n) is 21.4. The van der Waals surface area contributed by atoms with E-state index in [0.29, 0.717) is 24.0 Å². The Balaban J connectivity index is 0.00000400. The highest BCUT2D eigenvalue weighted by Gasteiger charge is 2.41. The van der Waals surface area contributed by atoms with Gasteiger partial charge in [0, 0.05) is 29.9 Å². The van der Waals surface area contributed by atoms with Crippen molar-refractivity contribution in [3.8, 4) is 0 Å². The lowest BCUT2D eigenvalue weighted by atomic mass is 10.0. The fourth-order valence-electron chi connectivity index (χ4n) is 4.56. The first-order chi connectivity index (χ1) is 17.4. The maximum atomic E-state index is 12.3. The molecule has 38 heavy (non-hydrogen) atoms. The van der Waals surface area contributed by atoms with Crippen molar-refractivity contribution >= 4 is 32.0 Å². The molecule has 4 rings (SSSR count). The summed E-state index contributed by atoms with van der Waals surface area (Å²) in [4.78, 5) is 63.2. The number of aromatic amines is 2. The zero-order chi connectivity index (χ0) is 27.1. The first kappa shape index (κ1) is 30.7. The van der Waals surface area contributed by atoms with Crippen LogP contribution < -0.4 is 22.5 Å². The topological polar surface area (TPSA) is 167 Å². The second-order valence-electron chi connectivity index (χ2n) is 9.48. The van der Waals surface area contributed by atoms with Gasteiger partial charge in [-0.05, 0) is 44.4 Å². The van der Waals surface area contributed by atoms with Crippen LogP contribution in [-0.4, -0.2) is 48.9 Å². The van der Waals surface area contributed by atoms with Crippen molar-refractivity contribution in [3.63, 3.8) is 0 Å². The molecule has 0 bridgehead atoms. The molecule has 7 atom stereocenters. The minimum atomic E-state index is -3.72. The lowest BCUT2D eigenvalue weighted by Gasteiger charge is -2.24. The van der Waals surface area contributed by atoms with Crippen molar-refractivity contribution in [1.29, 1.82) is 0 Å². The van der Waals surface area contributed by atoms with Crippen molar-refractivity contribution in [2.45, 2.75) is 77.7 Å². The third-order valence-electron chi connectivity index (χ3n) is 6.71. The molecule has 2 saturated heterocycles. The molecule has 2 aliphatic rings. The van der Waals surface area contributed by atoms with E-state index < -0.39 is 60.0 Å². The van der Waals surface area contributed by atoms with Crippen LogP contribution >= 0.6 is 20.2 Å². The smallest absolute Gasteiger partial charge is 0.330 e.